The smallest absolute Gasteiger partial charge is 0.0308 e. The van der Waals surface area contributed by atoms with E-state index in [-0.39, 0.29) is 12.4 Å². The van der Waals surface area contributed by atoms with Gasteiger partial charge in [-0.3, -0.25) is 4.98 Å². The normalized spacial score (nSPS) is 19.9. The van der Waals surface area contributed by atoms with Crippen LogP contribution >= 0.6 is 24.2 Å². The number of nitrogens with zero attached hydrogens (tertiary/aromatic N) is 1. The Morgan fingerprint density at radius 2 is 2.47 bits per heavy atom. The van der Waals surface area contributed by atoms with Crippen LogP contribution in [0.3, 0.4) is 0 Å². The van der Waals surface area contributed by atoms with Crippen molar-refractivity contribution in [2.24, 2.45) is 5.92 Å². The molecule has 1 atom stereocenters. The summed E-state index contributed by atoms with van der Waals surface area (Å²) < 4.78 is 0. The summed E-state index contributed by atoms with van der Waals surface area (Å²) in [6.45, 7) is 2.41. The van der Waals surface area contributed by atoms with Crippen LogP contribution in [0.2, 0.25) is 0 Å². The number of pyridine rings is 1. The molecule has 0 spiro atoms. The van der Waals surface area contributed by atoms with Crippen molar-refractivity contribution in [3.8, 4) is 0 Å². The second-order valence-corrected chi connectivity index (χ2v) is 4.77. The Morgan fingerprint density at radius 3 is 3.13 bits per heavy atom. The monoisotopic (exact) mass is 244 g/mol. The summed E-state index contributed by atoms with van der Waals surface area (Å²) in [5.74, 6) is 3.27. The van der Waals surface area contributed by atoms with Crippen molar-refractivity contribution < 1.29 is 0 Å². The first-order chi connectivity index (χ1) is 6.95. The van der Waals surface area contributed by atoms with E-state index in [1.54, 1.807) is 0 Å². The molecule has 2 rings (SSSR count). The minimum atomic E-state index is 0. The summed E-state index contributed by atoms with van der Waals surface area (Å²) in [7, 11) is 0. The highest BCUT2D eigenvalue weighted by Gasteiger charge is 2.13. The van der Waals surface area contributed by atoms with Gasteiger partial charge in [-0.25, -0.2) is 0 Å². The molecule has 0 aliphatic carbocycles. The van der Waals surface area contributed by atoms with Crippen LogP contribution in [0.1, 0.15) is 12.0 Å². The molecular formula is C11H17ClN2S. The van der Waals surface area contributed by atoms with E-state index in [1.807, 2.05) is 30.2 Å². The van der Waals surface area contributed by atoms with Crippen LogP contribution in [0.4, 0.5) is 0 Å². The number of aromatic nitrogens is 1. The summed E-state index contributed by atoms with van der Waals surface area (Å²) in [5.41, 5.74) is 1.34. The topological polar surface area (TPSA) is 24.9 Å². The Balaban J connectivity index is 0.00000112. The molecule has 84 valence electrons. The molecule has 0 aromatic carbocycles. The molecule has 0 amide bonds. The molecule has 1 aliphatic heterocycles. The highest BCUT2D eigenvalue weighted by molar-refractivity contribution is 7.98. The lowest BCUT2D eigenvalue weighted by Crippen LogP contribution is -2.10. The Labute approximate surface area is 102 Å². The van der Waals surface area contributed by atoms with Gasteiger partial charge in [-0.05, 0) is 42.8 Å². The molecular weight excluding hydrogens is 228 g/mol. The third-order valence-electron chi connectivity index (χ3n) is 2.51. The van der Waals surface area contributed by atoms with Gasteiger partial charge >= 0.3 is 0 Å². The van der Waals surface area contributed by atoms with E-state index in [0.29, 0.717) is 0 Å². The van der Waals surface area contributed by atoms with E-state index in [0.717, 1.165) is 11.7 Å². The third kappa shape index (κ3) is 4.41. The van der Waals surface area contributed by atoms with Gasteiger partial charge in [-0.2, -0.15) is 11.8 Å². The highest BCUT2D eigenvalue weighted by atomic mass is 35.5. The molecule has 1 N–H and O–H groups in total. The quantitative estimate of drug-likeness (QED) is 0.880. The minimum Gasteiger partial charge on any atom is -0.316 e. The van der Waals surface area contributed by atoms with Gasteiger partial charge in [0.1, 0.15) is 0 Å². The molecule has 1 aromatic heterocycles. The van der Waals surface area contributed by atoms with E-state index in [9.17, 15) is 0 Å². The Hall–Kier alpha value is -0.250. The average Bonchev–Trinajstić information content (AvgIpc) is 2.72. The lowest BCUT2D eigenvalue weighted by atomic mass is 10.2. The van der Waals surface area contributed by atoms with Crippen molar-refractivity contribution >= 4 is 24.2 Å². The maximum atomic E-state index is 4.11. The fourth-order valence-electron chi connectivity index (χ4n) is 1.68. The standard InChI is InChI=1S/C11H16N2S.ClH/c1-2-10(6-12-4-1)8-14-9-11-3-5-13-7-11;/h1-2,4,6,11,13H,3,5,7-9H2;1H. The fourth-order valence-corrected chi connectivity index (χ4v) is 2.83. The van der Waals surface area contributed by atoms with E-state index in [1.165, 1.54) is 30.8 Å². The molecule has 0 saturated carbocycles. The number of nitrogens with one attached hydrogen (secondary N) is 1. The van der Waals surface area contributed by atoms with Crippen molar-refractivity contribution in [3.63, 3.8) is 0 Å². The molecule has 1 fully saturated rings. The first-order valence-corrected chi connectivity index (χ1v) is 6.28. The van der Waals surface area contributed by atoms with Crippen LogP contribution in [0.15, 0.2) is 24.5 Å². The molecule has 2 nitrogen and oxygen atoms in total. The van der Waals surface area contributed by atoms with Gasteiger partial charge in [0.15, 0.2) is 0 Å². The van der Waals surface area contributed by atoms with E-state index >= 15 is 0 Å². The van der Waals surface area contributed by atoms with Gasteiger partial charge < -0.3 is 5.32 Å². The van der Waals surface area contributed by atoms with Gasteiger partial charge in [0, 0.05) is 18.1 Å². The summed E-state index contributed by atoms with van der Waals surface area (Å²) in [6.07, 6.45) is 5.13. The molecule has 0 radical (unpaired) electrons. The van der Waals surface area contributed by atoms with Crippen LogP contribution in [0.5, 0.6) is 0 Å². The van der Waals surface area contributed by atoms with Crippen molar-refractivity contribution in [3.05, 3.63) is 30.1 Å². The summed E-state index contributed by atoms with van der Waals surface area (Å²) >= 11 is 2.02. The maximum absolute atomic E-state index is 4.11. The predicted molar refractivity (Wildman–Crippen MR) is 68.6 cm³/mol. The SMILES string of the molecule is Cl.c1cncc(CSCC2CCNC2)c1. The summed E-state index contributed by atoms with van der Waals surface area (Å²) in [6, 6.07) is 4.15. The molecule has 1 aliphatic rings. The third-order valence-corrected chi connectivity index (χ3v) is 3.75. The van der Waals surface area contributed by atoms with Gasteiger partial charge in [0.25, 0.3) is 0 Å². The van der Waals surface area contributed by atoms with Crippen LogP contribution in [0.25, 0.3) is 0 Å². The number of hydrogen-bond donors (Lipinski definition) is 1. The van der Waals surface area contributed by atoms with Gasteiger partial charge in [-0.15, -0.1) is 12.4 Å². The fraction of sp³-hybridized carbons (Fsp3) is 0.545. The van der Waals surface area contributed by atoms with Crippen molar-refractivity contribution in [2.45, 2.75) is 12.2 Å². The molecule has 4 heteroatoms. The number of hydrogen-bond acceptors (Lipinski definition) is 3. The minimum absolute atomic E-state index is 0. The number of thioether (sulfide) groups is 1. The first kappa shape index (κ1) is 12.8. The molecule has 1 saturated heterocycles. The van der Waals surface area contributed by atoms with Gasteiger partial charge in [0.2, 0.25) is 0 Å². The van der Waals surface area contributed by atoms with E-state index < -0.39 is 0 Å². The predicted octanol–water partition coefficient (Wildman–Crippen LogP) is 2.35. The van der Waals surface area contributed by atoms with Gasteiger partial charge in [-0.1, -0.05) is 6.07 Å². The summed E-state index contributed by atoms with van der Waals surface area (Å²) in [5, 5.41) is 3.40. The van der Waals surface area contributed by atoms with Gasteiger partial charge in [0.05, 0.1) is 0 Å². The zero-order valence-electron chi connectivity index (χ0n) is 8.69. The van der Waals surface area contributed by atoms with Crippen molar-refractivity contribution in [1.82, 2.24) is 10.3 Å². The van der Waals surface area contributed by atoms with Crippen LogP contribution < -0.4 is 5.32 Å². The lowest BCUT2D eigenvalue weighted by molar-refractivity contribution is 0.662. The van der Waals surface area contributed by atoms with E-state index in [2.05, 4.69) is 16.4 Å². The zero-order valence-corrected chi connectivity index (χ0v) is 10.3. The lowest BCUT2D eigenvalue weighted by Gasteiger charge is -2.06. The summed E-state index contributed by atoms with van der Waals surface area (Å²) in [4.78, 5) is 4.11. The molecule has 0 bridgehead atoms. The molecule has 15 heavy (non-hydrogen) atoms. The van der Waals surface area contributed by atoms with Crippen LogP contribution in [-0.2, 0) is 5.75 Å². The van der Waals surface area contributed by atoms with Crippen molar-refractivity contribution in [2.75, 3.05) is 18.8 Å². The maximum Gasteiger partial charge on any atom is 0.0308 e. The first-order valence-electron chi connectivity index (χ1n) is 5.12. The van der Waals surface area contributed by atoms with Crippen LogP contribution in [0, 0.1) is 5.92 Å². The zero-order chi connectivity index (χ0) is 9.64. The largest absolute Gasteiger partial charge is 0.316 e. The Kier molecular flexibility index (Phi) is 6.06. The van der Waals surface area contributed by atoms with E-state index in [4.69, 9.17) is 0 Å². The van der Waals surface area contributed by atoms with Crippen LogP contribution in [-0.4, -0.2) is 23.8 Å². The number of rotatable bonds is 4. The molecule has 1 aromatic rings. The average molecular weight is 245 g/mol. The second kappa shape index (κ2) is 7.09. The van der Waals surface area contributed by atoms with Crippen molar-refractivity contribution in [1.29, 1.82) is 0 Å². The highest BCUT2D eigenvalue weighted by Crippen LogP contribution is 2.18. The molecule has 1 unspecified atom stereocenters. The molecule has 2 heterocycles. The Morgan fingerprint density at radius 1 is 1.53 bits per heavy atom. The Bertz CT molecular complexity index is 263. The number of halogens is 1. The second-order valence-electron chi connectivity index (χ2n) is 3.74.